The molecule has 1 heterocycles. The van der Waals surface area contributed by atoms with E-state index in [1.54, 1.807) is 0 Å². The van der Waals surface area contributed by atoms with Crippen LogP contribution in [0.2, 0.25) is 18.1 Å². The molecule has 1 saturated heterocycles. The summed E-state index contributed by atoms with van der Waals surface area (Å²) in [5.41, 5.74) is 1.40. The normalized spacial score (nSPS) is 42.2. The number of hydrogen-bond acceptors (Lipinski definition) is 7. The van der Waals surface area contributed by atoms with E-state index >= 15 is 0 Å². The van der Waals surface area contributed by atoms with E-state index in [2.05, 4.69) is 53.8 Å². The van der Waals surface area contributed by atoms with Gasteiger partial charge < -0.3 is 13.9 Å². The Balaban J connectivity index is 1.47. The molecule has 0 aromatic rings. The first kappa shape index (κ1) is 32.3. The van der Waals surface area contributed by atoms with E-state index in [-0.39, 0.29) is 47.4 Å². The van der Waals surface area contributed by atoms with Crippen LogP contribution in [-0.4, -0.2) is 51.7 Å². The lowest BCUT2D eigenvalue weighted by molar-refractivity contribution is -0.164. The summed E-state index contributed by atoms with van der Waals surface area (Å²) in [5.74, 6) is 0.814. The molecule has 0 amide bonds. The second-order valence-electron chi connectivity index (χ2n) is 15.8. The van der Waals surface area contributed by atoms with Crippen LogP contribution >= 0.6 is 7.82 Å². The van der Waals surface area contributed by atoms with Crippen molar-refractivity contribution in [3.8, 4) is 0 Å². The monoisotopic (exact) mass is 612 g/mol. The number of ether oxygens (including phenoxy) is 2. The predicted molar refractivity (Wildman–Crippen MR) is 164 cm³/mol. The SMILES string of the molecule is CCOP(=O)(OCC)OC1C=C2[C@H]3OC(C)(C)O[C@@H]3C3C(CC[C@@]4(C)C3CC[C@@H]4O[Si](C)(C)C(C)(C)C)[C@@]2(C)CC1. The van der Waals surface area contributed by atoms with E-state index in [1.165, 1.54) is 18.4 Å². The lowest BCUT2D eigenvalue weighted by atomic mass is 9.46. The van der Waals surface area contributed by atoms with Crippen LogP contribution in [-0.2, 0) is 32.0 Å². The maximum Gasteiger partial charge on any atom is 0.475 e. The van der Waals surface area contributed by atoms with E-state index in [0.29, 0.717) is 23.9 Å². The van der Waals surface area contributed by atoms with Gasteiger partial charge in [0.25, 0.3) is 0 Å². The minimum atomic E-state index is -3.63. The zero-order valence-corrected chi connectivity index (χ0v) is 29.5. The van der Waals surface area contributed by atoms with Crippen LogP contribution in [0.1, 0.15) is 101 Å². The van der Waals surface area contributed by atoms with Gasteiger partial charge >= 0.3 is 7.82 Å². The molecule has 41 heavy (non-hydrogen) atoms. The van der Waals surface area contributed by atoms with E-state index in [0.717, 1.165) is 25.7 Å². The predicted octanol–water partition coefficient (Wildman–Crippen LogP) is 8.65. The standard InChI is InChI=1S/C32H57O7PSi/c1-12-34-40(33,35-13-2)38-21-16-18-31(8)23-17-19-32(9)22(14-15-25(32)39-41(10,11)29(3,4)5)26(23)28-27(24(31)20-21)36-30(6,7)37-28/h20-23,25-28H,12-19H2,1-11H3/t21?,22?,23?,25-,26?,27+,28+,31+,32-/m0/s1. The molecule has 1 aliphatic heterocycles. The molecule has 0 N–H and O–H groups in total. The Labute approximate surface area is 250 Å². The Morgan fingerprint density at radius 2 is 1.61 bits per heavy atom. The molecule has 5 aliphatic rings. The third-order valence-corrected chi connectivity index (χ3v) is 18.1. The molecule has 4 aliphatic carbocycles. The van der Waals surface area contributed by atoms with Crippen molar-refractivity contribution in [1.29, 1.82) is 0 Å². The van der Waals surface area contributed by atoms with Crippen molar-refractivity contribution in [2.24, 2.45) is 28.6 Å². The van der Waals surface area contributed by atoms with Gasteiger partial charge in [-0.05, 0) is 119 Å². The summed E-state index contributed by atoms with van der Waals surface area (Å²) in [5, 5.41) is 0.198. The first-order valence-corrected chi connectivity index (χ1v) is 20.6. The largest absolute Gasteiger partial charge is 0.475 e. The third kappa shape index (κ3) is 5.53. The maximum absolute atomic E-state index is 13.3. The highest BCUT2D eigenvalue weighted by atomic mass is 31.2. The quantitative estimate of drug-likeness (QED) is 0.154. The van der Waals surface area contributed by atoms with Gasteiger partial charge in [0.05, 0.1) is 31.5 Å². The summed E-state index contributed by atoms with van der Waals surface area (Å²) >= 11 is 0. The minimum Gasteiger partial charge on any atom is -0.413 e. The maximum atomic E-state index is 13.3. The van der Waals surface area contributed by atoms with Gasteiger partial charge in [0.15, 0.2) is 14.1 Å². The molecule has 7 nitrogen and oxygen atoms in total. The molecule has 0 bridgehead atoms. The van der Waals surface area contributed by atoms with Crippen LogP contribution in [0.4, 0.5) is 0 Å². The van der Waals surface area contributed by atoms with Crippen LogP contribution in [0.25, 0.3) is 0 Å². The zero-order chi connectivity index (χ0) is 30.2. The third-order valence-electron chi connectivity index (χ3n) is 11.9. The van der Waals surface area contributed by atoms with Crippen molar-refractivity contribution >= 4 is 16.1 Å². The Bertz CT molecular complexity index is 1060. The number of phosphoric acid groups is 1. The average Bonchev–Trinajstić information content (AvgIpc) is 3.34. The molecule has 3 saturated carbocycles. The highest BCUT2D eigenvalue weighted by Crippen LogP contribution is 2.68. The van der Waals surface area contributed by atoms with Gasteiger partial charge in [0.2, 0.25) is 0 Å². The topological polar surface area (TPSA) is 72.5 Å². The second-order valence-corrected chi connectivity index (χ2v) is 22.2. The average molecular weight is 613 g/mol. The summed E-state index contributed by atoms with van der Waals surface area (Å²) in [6, 6.07) is 0. The molecule has 9 atom stereocenters. The van der Waals surface area contributed by atoms with Gasteiger partial charge in [0.1, 0.15) is 6.10 Å². The zero-order valence-electron chi connectivity index (χ0n) is 27.6. The molecular formula is C32H57O7PSi. The van der Waals surface area contributed by atoms with Crippen LogP contribution < -0.4 is 0 Å². The van der Waals surface area contributed by atoms with E-state index in [4.69, 9.17) is 27.5 Å². The smallest absolute Gasteiger partial charge is 0.413 e. The Morgan fingerprint density at radius 1 is 0.951 bits per heavy atom. The molecule has 9 heteroatoms. The van der Waals surface area contributed by atoms with Gasteiger partial charge in [-0.15, -0.1) is 0 Å². The molecule has 0 radical (unpaired) electrons. The molecule has 5 rings (SSSR count). The van der Waals surface area contributed by atoms with Crippen molar-refractivity contribution < 1.29 is 32.0 Å². The number of fused-ring (bicyclic) bond motifs is 8. The van der Waals surface area contributed by atoms with E-state index < -0.39 is 21.9 Å². The minimum absolute atomic E-state index is 0.00471. The molecular weight excluding hydrogens is 555 g/mol. The number of phosphoric ester groups is 1. The van der Waals surface area contributed by atoms with Crippen molar-refractivity contribution in [2.75, 3.05) is 13.2 Å². The summed E-state index contributed by atoms with van der Waals surface area (Å²) in [6.07, 6.45) is 8.45. The van der Waals surface area contributed by atoms with Crippen molar-refractivity contribution in [1.82, 2.24) is 0 Å². The Morgan fingerprint density at radius 3 is 2.22 bits per heavy atom. The lowest BCUT2D eigenvalue weighted by Gasteiger charge is -2.61. The fraction of sp³-hybridized carbons (Fsp3) is 0.938. The van der Waals surface area contributed by atoms with Crippen molar-refractivity contribution in [3.63, 3.8) is 0 Å². The van der Waals surface area contributed by atoms with Gasteiger partial charge in [-0.2, -0.15) is 0 Å². The second kappa shape index (κ2) is 10.8. The van der Waals surface area contributed by atoms with Crippen LogP contribution in [0.3, 0.4) is 0 Å². The first-order valence-electron chi connectivity index (χ1n) is 16.2. The number of rotatable bonds is 8. The van der Waals surface area contributed by atoms with E-state index in [1.807, 2.05) is 27.7 Å². The lowest BCUT2D eigenvalue weighted by Crippen LogP contribution is -2.60. The van der Waals surface area contributed by atoms with Crippen molar-refractivity contribution in [3.05, 3.63) is 11.6 Å². The van der Waals surface area contributed by atoms with Crippen LogP contribution in [0, 0.1) is 28.6 Å². The molecule has 0 aromatic heterocycles. The van der Waals surface area contributed by atoms with Gasteiger partial charge in [-0.25, -0.2) is 4.57 Å². The molecule has 236 valence electrons. The molecule has 0 aromatic carbocycles. The van der Waals surface area contributed by atoms with E-state index in [9.17, 15) is 4.57 Å². The summed E-state index contributed by atoms with van der Waals surface area (Å²) in [7, 11) is -5.52. The highest BCUT2D eigenvalue weighted by molar-refractivity contribution is 7.48. The first-order chi connectivity index (χ1) is 18.9. The fourth-order valence-corrected chi connectivity index (χ4v) is 11.7. The highest BCUT2D eigenvalue weighted by Gasteiger charge is 2.67. The van der Waals surface area contributed by atoms with Crippen LogP contribution in [0.5, 0.6) is 0 Å². The van der Waals surface area contributed by atoms with Crippen molar-refractivity contribution in [2.45, 2.75) is 149 Å². The molecule has 4 fully saturated rings. The molecule has 4 unspecified atom stereocenters. The van der Waals surface area contributed by atoms with Crippen LogP contribution in [0.15, 0.2) is 11.6 Å². The summed E-state index contributed by atoms with van der Waals surface area (Å²) in [4.78, 5) is 0. The van der Waals surface area contributed by atoms with Gasteiger partial charge in [-0.1, -0.05) is 40.7 Å². The fourth-order valence-electron chi connectivity index (χ4n) is 8.93. The van der Waals surface area contributed by atoms with Gasteiger partial charge in [0, 0.05) is 0 Å². The van der Waals surface area contributed by atoms with Gasteiger partial charge in [-0.3, -0.25) is 13.6 Å². The molecule has 0 spiro atoms. The Kier molecular flexibility index (Phi) is 8.51. The Hall–Kier alpha value is -0.0531. The summed E-state index contributed by atoms with van der Waals surface area (Å²) < 4.78 is 51.1. The number of hydrogen-bond donors (Lipinski definition) is 0. The summed E-state index contributed by atoms with van der Waals surface area (Å²) in [6.45, 7) is 25.1.